The molecule has 0 radical (unpaired) electrons. The average Bonchev–Trinajstić information content (AvgIpc) is 2.91. The fraction of sp³-hybridized carbons (Fsp3) is 0.667. The van der Waals surface area contributed by atoms with Gasteiger partial charge in [0.25, 0.3) is 0 Å². The van der Waals surface area contributed by atoms with Crippen LogP contribution in [0.3, 0.4) is 0 Å². The molecule has 128 valence electrons. The molecular formula is C18H29N3OS. The number of methoxy groups -OCH3 is 1. The van der Waals surface area contributed by atoms with Crippen LogP contribution in [0.15, 0.2) is 12.4 Å². The first-order valence-corrected chi connectivity index (χ1v) is 9.79. The SMILES string of the molecule is CCCCSCCCCn1c(CCOC)nc2cncc(C)c21. The van der Waals surface area contributed by atoms with Crippen LogP contribution in [0.2, 0.25) is 0 Å². The van der Waals surface area contributed by atoms with E-state index in [1.54, 1.807) is 7.11 Å². The van der Waals surface area contributed by atoms with Crippen molar-refractivity contribution < 1.29 is 4.74 Å². The molecule has 23 heavy (non-hydrogen) atoms. The standard InChI is InChI=1S/C18H29N3OS/c1-4-5-11-23-12-7-6-9-21-17(8-10-22-3)20-16-14-19-13-15(2)18(16)21/h13-14H,4-12H2,1-3H3. The third kappa shape index (κ3) is 5.21. The minimum absolute atomic E-state index is 0.711. The predicted molar refractivity (Wildman–Crippen MR) is 99.3 cm³/mol. The van der Waals surface area contributed by atoms with E-state index in [0.717, 1.165) is 24.3 Å². The lowest BCUT2D eigenvalue weighted by Crippen LogP contribution is -2.08. The second kappa shape index (κ2) is 9.93. The Balaban J connectivity index is 1.99. The summed E-state index contributed by atoms with van der Waals surface area (Å²) in [6.07, 6.45) is 9.76. The zero-order valence-electron chi connectivity index (χ0n) is 14.7. The van der Waals surface area contributed by atoms with Gasteiger partial charge in [0.05, 0.1) is 18.3 Å². The van der Waals surface area contributed by atoms with Gasteiger partial charge in [-0.2, -0.15) is 11.8 Å². The Labute approximate surface area is 144 Å². The highest BCUT2D eigenvalue weighted by Gasteiger charge is 2.12. The van der Waals surface area contributed by atoms with E-state index in [0.29, 0.717) is 6.61 Å². The van der Waals surface area contributed by atoms with Gasteiger partial charge in [0.1, 0.15) is 11.3 Å². The molecule has 2 rings (SSSR count). The first kappa shape index (κ1) is 18.3. The highest BCUT2D eigenvalue weighted by molar-refractivity contribution is 7.99. The van der Waals surface area contributed by atoms with Crippen LogP contribution in [0.4, 0.5) is 0 Å². The molecule has 0 fully saturated rings. The smallest absolute Gasteiger partial charge is 0.112 e. The largest absolute Gasteiger partial charge is 0.384 e. The molecular weight excluding hydrogens is 306 g/mol. The van der Waals surface area contributed by atoms with E-state index in [1.807, 2.05) is 12.4 Å². The molecule has 0 atom stereocenters. The number of imidazole rings is 1. The summed E-state index contributed by atoms with van der Waals surface area (Å²) in [6, 6.07) is 0. The van der Waals surface area contributed by atoms with Gasteiger partial charge in [-0.15, -0.1) is 0 Å². The van der Waals surface area contributed by atoms with Crippen LogP contribution in [0.5, 0.6) is 0 Å². The molecule has 0 aliphatic rings. The van der Waals surface area contributed by atoms with Gasteiger partial charge in [-0.1, -0.05) is 13.3 Å². The van der Waals surface area contributed by atoms with Crippen LogP contribution in [-0.4, -0.2) is 39.8 Å². The van der Waals surface area contributed by atoms with Gasteiger partial charge in [0.2, 0.25) is 0 Å². The number of hydrogen-bond acceptors (Lipinski definition) is 4. The summed E-state index contributed by atoms with van der Waals surface area (Å²) in [6.45, 7) is 6.12. The van der Waals surface area contributed by atoms with E-state index in [4.69, 9.17) is 9.72 Å². The number of nitrogens with zero attached hydrogens (tertiary/aromatic N) is 3. The Morgan fingerprint density at radius 1 is 1.17 bits per heavy atom. The third-order valence-corrected chi connectivity index (χ3v) is 5.16. The van der Waals surface area contributed by atoms with Crippen LogP contribution in [0.25, 0.3) is 11.0 Å². The minimum Gasteiger partial charge on any atom is -0.384 e. The molecule has 0 aliphatic carbocycles. The molecule has 0 aromatic carbocycles. The molecule has 0 unspecified atom stereocenters. The van der Waals surface area contributed by atoms with Crippen molar-refractivity contribution in [3.05, 3.63) is 23.8 Å². The van der Waals surface area contributed by atoms with Crippen molar-refractivity contribution in [3.8, 4) is 0 Å². The van der Waals surface area contributed by atoms with Crippen molar-refractivity contribution >= 4 is 22.8 Å². The van der Waals surface area contributed by atoms with Gasteiger partial charge in [-0.3, -0.25) is 4.98 Å². The molecule has 2 aromatic rings. The van der Waals surface area contributed by atoms with E-state index < -0.39 is 0 Å². The Morgan fingerprint density at radius 3 is 2.78 bits per heavy atom. The lowest BCUT2D eigenvalue weighted by Gasteiger charge is -2.10. The highest BCUT2D eigenvalue weighted by atomic mass is 32.2. The summed E-state index contributed by atoms with van der Waals surface area (Å²) < 4.78 is 7.61. The number of aryl methyl sites for hydroxylation is 2. The normalized spacial score (nSPS) is 11.4. The fourth-order valence-electron chi connectivity index (χ4n) is 2.75. The van der Waals surface area contributed by atoms with E-state index >= 15 is 0 Å². The van der Waals surface area contributed by atoms with Crippen molar-refractivity contribution in [2.75, 3.05) is 25.2 Å². The van der Waals surface area contributed by atoms with Crippen LogP contribution in [0, 0.1) is 6.92 Å². The van der Waals surface area contributed by atoms with Crippen molar-refractivity contribution in [2.24, 2.45) is 0 Å². The summed E-state index contributed by atoms with van der Waals surface area (Å²) in [4.78, 5) is 9.04. The number of rotatable bonds is 11. The van der Waals surface area contributed by atoms with Gasteiger partial charge < -0.3 is 9.30 Å². The zero-order chi connectivity index (χ0) is 16.5. The third-order valence-electron chi connectivity index (χ3n) is 4.00. The van der Waals surface area contributed by atoms with Crippen molar-refractivity contribution in [3.63, 3.8) is 0 Å². The monoisotopic (exact) mass is 335 g/mol. The van der Waals surface area contributed by atoms with Crippen molar-refractivity contribution in [1.82, 2.24) is 14.5 Å². The maximum Gasteiger partial charge on any atom is 0.112 e. The number of aromatic nitrogens is 3. The lowest BCUT2D eigenvalue weighted by molar-refractivity contribution is 0.199. The maximum absolute atomic E-state index is 5.24. The summed E-state index contributed by atoms with van der Waals surface area (Å²) in [5.74, 6) is 3.69. The summed E-state index contributed by atoms with van der Waals surface area (Å²) in [7, 11) is 1.74. The first-order chi connectivity index (χ1) is 11.3. The van der Waals surface area contributed by atoms with Gasteiger partial charge in [0, 0.05) is 26.3 Å². The van der Waals surface area contributed by atoms with Crippen molar-refractivity contribution in [2.45, 2.75) is 52.5 Å². The number of thioether (sulfide) groups is 1. The summed E-state index contributed by atoms with van der Waals surface area (Å²) >= 11 is 2.08. The molecule has 0 aliphatic heterocycles. The van der Waals surface area contributed by atoms with Gasteiger partial charge in [-0.05, 0) is 43.3 Å². The Bertz CT molecular complexity index is 597. The van der Waals surface area contributed by atoms with Gasteiger partial charge >= 0.3 is 0 Å². The number of hydrogen-bond donors (Lipinski definition) is 0. The molecule has 0 spiro atoms. The van der Waals surface area contributed by atoms with Crippen LogP contribution in [0.1, 0.15) is 44.0 Å². The Kier molecular flexibility index (Phi) is 7.89. The van der Waals surface area contributed by atoms with E-state index in [1.165, 1.54) is 48.3 Å². The second-order valence-electron chi connectivity index (χ2n) is 5.92. The fourth-order valence-corrected chi connectivity index (χ4v) is 3.86. The molecule has 5 heteroatoms. The average molecular weight is 336 g/mol. The quantitative estimate of drug-likeness (QED) is 0.576. The summed E-state index contributed by atoms with van der Waals surface area (Å²) in [5.41, 5.74) is 3.45. The number of ether oxygens (including phenoxy) is 1. The van der Waals surface area contributed by atoms with E-state index in [2.05, 4.69) is 35.2 Å². The van der Waals surface area contributed by atoms with Crippen molar-refractivity contribution in [1.29, 1.82) is 0 Å². The van der Waals surface area contributed by atoms with Crippen LogP contribution < -0.4 is 0 Å². The van der Waals surface area contributed by atoms with Crippen LogP contribution >= 0.6 is 11.8 Å². The van der Waals surface area contributed by atoms with Gasteiger partial charge in [0.15, 0.2) is 0 Å². The number of pyridine rings is 1. The van der Waals surface area contributed by atoms with Crippen LogP contribution in [-0.2, 0) is 17.7 Å². The molecule has 0 N–H and O–H groups in total. The summed E-state index contributed by atoms with van der Waals surface area (Å²) in [5, 5.41) is 0. The van der Waals surface area contributed by atoms with E-state index in [9.17, 15) is 0 Å². The Hall–Kier alpha value is -1.07. The lowest BCUT2D eigenvalue weighted by atomic mass is 10.2. The molecule has 0 saturated heterocycles. The number of fused-ring (bicyclic) bond motifs is 1. The zero-order valence-corrected chi connectivity index (χ0v) is 15.5. The molecule has 4 nitrogen and oxygen atoms in total. The maximum atomic E-state index is 5.24. The predicted octanol–water partition coefficient (Wildman–Crippen LogP) is 4.24. The molecule has 2 aromatic heterocycles. The Morgan fingerprint density at radius 2 is 2.00 bits per heavy atom. The molecule has 0 bridgehead atoms. The topological polar surface area (TPSA) is 39.9 Å². The number of unbranched alkanes of at least 4 members (excludes halogenated alkanes) is 2. The molecule has 0 saturated carbocycles. The highest BCUT2D eigenvalue weighted by Crippen LogP contribution is 2.20. The first-order valence-electron chi connectivity index (χ1n) is 8.64. The van der Waals surface area contributed by atoms with Gasteiger partial charge in [-0.25, -0.2) is 4.98 Å². The molecule has 2 heterocycles. The molecule has 0 amide bonds. The minimum atomic E-state index is 0.711. The van der Waals surface area contributed by atoms with E-state index in [-0.39, 0.29) is 0 Å². The second-order valence-corrected chi connectivity index (χ2v) is 7.14.